The zero-order valence-corrected chi connectivity index (χ0v) is 16.8. The topological polar surface area (TPSA) is 128 Å². The lowest BCUT2D eigenvalue weighted by Gasteiger charge is -2.20. The number of carbonyl (C=O) groups is 3. The van der Waals surface area contributed by atoms with Crippen molar-refractivity contribution in [2.45, 2.75) is 12.8 Å². The molecule has 0 spiro atoms. The maximum absolute atomic E-state index is 12.6. The van der Waals surface area contributed by atoms with Crippen LogP contribution in [0.25, 0.3) is 0 Å². The molecular weight excluding hydrogens is 406 g/mol. The van der Waals surface area contributed by atoms with Crippen LogP contribution >= 0.6 is 0 Å². The van der Waals surface area contributed by atoms with Gasteiger partial charge in [-0.15, -0.1) is 0 Å². The average Bonchev–Trinajstić information content (AvgIpc) is 3.31. The van der Waals surface area contributed by atoms with Gasteiger partial charge in [-0.25, -0.2) is 4.79 Å². The van der Waals surface area contributed by atoms with Gasteiger partial charge < -0.3 is 14.4 Å². The quantitative estimate of drug-likeness (QED) is 0.405. The summed E-state index contributed by atoms with van der Waals surface area (Å²) in [6, 6.07) is 10.3. The molecule has 31 heavy (non-hydrogen) atoms. The second kappa shape index (κ2) is 9.70. The molecule has 2 amide bonds. The number of rotatable bonds is 7. The largest absolute Gasteiger partial charge is 0.496 e. The first-order chi connectivity index (χ1) is 14.9. The lowest BCUT2D eigenvalue weighted by atomic mass is 10.1. The Labute approximate surface area is 177 Å². The second-order valence-electron chi connectivity index (χ2n) is 6.81. The maximum Gasteiger partial charge on any atom is 0.341 e. The molecule has 10 heteroatoms. The van der Waals surface area contributed by atoms with Gasteiger partial charge in [-0.1, -0.05) is 12.1 Å². The third-order valence-electron chi connectivity index (χ3n) is 4.80. The van der Waals surface area contributed by atoms with Crippen molar-refractivity contribution >= 4 is 29.2 Å². The van der Waals surface area contributed by atoms with Gasteiger partial charge in [0.25, 0.3) is 17.5 Å². The molecule has 0 aliphatic carbocycles. The molecule has 3 rings (SSSR count). The van der Waals surface area contributed by atoms with Crippen LogP contribution in [-0.2, 0) is 9.53 Å². The maximum atomic E-state index is 12.6. The van der Waals surface area contributed by atoms with E-state index in [1.807, 2.05) is 4.90 Å². The minimum Gasteiger partial charge on any atom is -0.496 e. The van der Waals surface area contributed by atoms with Crippen LogP contribution in [-0.4, -0.2) is 49.5 Å². The van der Waals surface area contributed by atoms with Crippen LogP contribution in [0, 0.1) is 10.1 Å². The molecular formula is C21H21N3O7. The van der Waals surface area contributed by atoms with Crippen LogP contribution in [0.2, 0.25) is 0 Å². The molecule has 1 saturated heterocycles. The van der Waals surface area contributed by atoms with E-state index < -0.39 is 29.3 Å². The number of nitrogens with one attached hydrogen (secondary N) is 1. The number of hydrogen-bond donors (Lipinski definition) is 1. The summed E-state index contributed by atoms with van der Waals surface area (Å²) < 4.78 is 10.1. The van der Waals surface area contributed by atoms with Gasteiger partial charge in [0, 0.05) is 25.2 Å². The number of hydrogen-bond acceptors (Lipinski definition) is 8. The molecule has 10 nitrogen and oxygen atoms in total. The Hall–Kier alpha value is -3.95. The summed E-state index contributed by atoms with van der Waals surface area (Å²) in [6.45, 7) is 0.708. The molecule has 1 aliphatic rings. The molecule has 162 valence electrons. The summed E-state index contributed by atoms with van der Waals surface area (Å²) >= 11 is 0. The van der Waals surface area contributed by atoms with E-state index in [2.05, 4.69) is 5.32 Å². The number of carbonyl (C=O) groups excluding carboxylic acids is 3. The van der Waals surface area contributed by atoms with Gasteiger partial charge in [0.2, 0.25) is 0 Å². The Kier molecular flexibility index (Phi) is 6.81. The van der Waals surface area contributed by atoms with Gasteiger partial charge >= 0.3 is 5.97 Å². The number of imide groups is 1. The number of amides is 2. The predicted molar refractivity (Wildman–Crippen MR) is 110 cm³/mol. The van der Waals surface area contributed by atoms with Crippen molar-refractivity contribution in [2.75, 3.05) is 31.7 Å². The molecule has 1 heterocycles. The van der Waals surface area contributed by atoms with E-state index >= 15 is 0 Å². The van der Waals surface area contributed by atoms with Crippen molar-refractivity contribution in [1.29, 1.82) is 0 Å². The molecule has 2 aromatic rings. The number of methoxy groups -OCH3 is 1. The molecule has 1 aliphatic heterocycles. The minimum absolute atomic E-state index is 0.0000415. The molecule has 0 bridgehead atoms. The van der Waals surface area contributed by atoms with E-state index in [4.69, 9.17) is 9.47 Å². The minimum atomic E-state index is -0.884. The van der Waals surface area contributed by atoms with Gasteiger partial charge in [0.05, 0.1) is 28.8 Å². The standard InChI is InChI=1S/C21H21N3O7/c1-30-18-7-3-2-6-15(18)20(26)22-19(25)13-31-21(27)16-12-14(24(28)29)8-9-17(16)23-10-4-5-11-23/h2-3,6-9,12H,4-5,10-11,13H2,1H3,(H,22,25,26). The fourth-order valence-corrected chi connectivity index (χ4v) is 3.31. The van der Waals surface area contributed by atoms with Crippen molar-refractivity contribution in [3.63, 3.8) is 0 Å². The molecule has 1 fully saturated rings. The first-order valence-electron chi connectivity index (χ1n) is 9.58. The summed E-state index contributed by atoms with van der Waals surface area (Å²) in [4.78, 5) is 49.4. The van der Waals surface area contributed by atoms with Crippen LogP contribution in [0.1, 0.15) is 33.6 Å². The van der Waals surface area contributed by atoms with Crippen molar-refractivity contribution < 1.29 is 28.8 Å². The number of nitrogens with zero attached hydrogens (tertiary/aromatic N) is 2. The molecule has 0 unspecified atom stereocenters. The van der Waals surface area contributed by atoms with Gasteiger partial charge in [0.15, 0.2) is 6.61 Å². The van der Waals surface area contributed by atoms with Gasteiger partial charge in [-0.2, -0.15) is 0 Å². The van der Waals surface area contributed by atoms with Crippen LogP contribution in [0.15, 0.2) is 42.5 Å². The number of benzene rings is 2. The van der Waals surface area contributed by atoms with Crippen molar-refractivity contribution in [3.8, 4) is 5.75 Å². The number of non-ortho nitro benzene ring substituents is 1. The van der Waals surface area contributed by atoms with Crippen LogP contribution < -0.4 is 15.0 Å². The van der Waals surface area contributed by atoms with E-state index in [0.29, 0.717) is 18.8 Å². The molecule has 0 saturated carbocycles. The smallest absolute Gasteiger partial charge is 0.341 e. The molecule has 2 aromatic carbocycles. The highest BCUT2D eigenvalue weighted by atomic mass is 16.6. The monoisotopic (exact) mass is 427 g/mol. The van der Waals surface area contributed by atoms with Crippen LogP contribution in [0.3, 0.4) is 0 Å². The number of ether oxygens (including phenoxy) is 2. The zero-order valence-electron chi connectivity index (χ0n) is 16.8. The fraction of sp³-hybridized carbons (Fsp3) is 0.286. The van der Waals surface area contributed by atoms with E-state index in [1.165, 1.54) is 25.3 Å². The Balaban J connectivity index is 1.68. The molecule has 0 atom stereocenters. The van der Waals surface area contributed by atoms with Gasteiger partial charge in [-0.05, 0) is 31.0 Å². The third-order valence-corrected chi connectivity index (χ3v) is 4.80. The molecule has 0 aromatic heterocycles. The Morgan fingerprint density at radius 2 is 1.81 bits per heavy atom. The van der Waals surface area contributed by atoms with E-state index in [1.54, 1.807) is 18.2 Å². The van der Waals surface area contributed by atoms with Gasteiger partial charge in [0.1, 0.15) is 5.75 Å². The van der Waals surface area contributed by atoms with Crippen LogP contribution in [0.5, 0.6) is 5.75 Å². The average molecular weight is 427 g/mol. The van der Waals surface area contributed by atoms with E-state index in [0.717, 1.165) is 18.9 Å². The summed E-state index contributed by atoms with van der Waals surface area (Å²) in [5.74, 6) is -2.13. The first-order valence-corrected chi connectivity index (χ1v) is 9.58. The second-order valence-corrected chi connectivity index (χ2v) is 6.81. The number of nitro groups is 1. The van der Waals surface area contributed by atoms with E-state index in [-0.39, 0.29) is 22.6 Å². The van der Waals surface area contributed by atoms with Crippen molar-refractivity contribution in [1.82, 2.24) is 5.32 Å². The highest BCUT2D eigenvalue weighted by Gasteiger charge is 2.24. The van der Waals surface area contributed by atoms with Crippen molar-refractivity contribution in [3.05, 3.63) is 63.7 Å². The lowest BCUT2D eigenvalue weighted by Crippen LogP contribution is -2.34. The summed E-state index contributed by atoms with van der Waals surface area (Å²) in [5.41, 5.74) is 0.406. The number of para-hydroxylation sites is 1. The molecule has 1 N–H and O–H groups in total. The number of nitro benzene ring substituents is 1. The molecule has 0 radical (unpaired) electrons. The van der Waals surface area contributed by atoms with Crippen molar-refractivity contribution in [2.24, 2.45) is 0 Å². The Bertz CT molecular complexity index is 1020. The Morgan fingerprint density at radius 3 is 2.48 bits per heavy atom. The third kappa shape index (κ3) is 5.16. The van der Waals surface area contributed by atoms with Crippen LogP contribution in [0.4, 0.5) is 11.4 Å². The summed E-state index contributed by atoms with van der Waals surface area (Å²) in [7, 11) is 1.40. The first kappa shape index (κ1) is 21.8. The number of anilines is 1. The normalized spacial score (nSPS) is 12.9. The predicted octanol–water partition coefficient (Wildman–Crippen LogP) is 2.32. The van der Waals surface area contributed by atoms with Gasteiger partial charge in [-0.3, -0.25) is 25.0 Å². The van der Waals surface area contributed by atoms with E-state index in [9.17, 15) is 24.5 Å². The summed E-state index contributed by atoms with van der Waals surface area (Å²) in [5, 5.41) is 13.2. The SMILES string of the molecule is COc1ccccc1C(=O)NC(=O)COC(=O)c1cc([N+](=O)[O-])ccc1N1CCCC1. The lowest BCUT2D eigenvalue weighted by molar-refractivity contribution is -0.384. The zero-order chi connectivity index (χ0) is 22.4. The highest BCUT2D eigenvalue weighted by molar-refractivity contribution is 6.07. The fourth-order valence-electron chi connectivity index (χ4n) is 3.31. The Morgan fingerprint density at radius 1 is 1.10 bits per heavy atom. The summed E-state index contributed by atoms with van der Waals surface area (Å²) in [6.07, 6.45) is 1.89. The number of esters is 1. The highest BCUT2D eigenvalue weighted by Crippen LogP contribution is 2.29.